The summed E-state index contributed by atoms with van der Waals surface area (Å²) >= 11 is 5.22. The summed E-state index contributed by atoms with van der Waals surface area (Å²) in [4.78, 5) is 12.3. The molecule has 0 aliphatic carbocycles. The van der Waals surface area contributed by atoms with E-state index in [-0.39, 0.29) is 12.5 Å². The Kier molecular flexibility index (Phi) is 8.50. The van der Waals surface area contributed by atoms with Crippen LogP contribution < -0.4 is 14.8 Å². The lowest BCUT2D eigenvalue weighted by Gasteiger charge is -2.13. The summed E-state index contributed by atoms with van der Waals surface area (Å²) in [6, 6.07) is 5.70. The molecule has 0 saturated carbocycles. The Balaban J connectivity index is 1.94. The van der Waals surface area contributed by atoms with Crippen molar-refractivity contribution in [3.8, 4) is 11.5 Å². The predicted molar refractivity (Wildman–Crippen MR) is 111 cm³/mol. The zero-order chi connectivity index (χ0) is 20.5. The number of amides is 1. The van der Waals surface area contributed by atoms with Gasteiger partial charge in [-0.3, -0.25) is 14.5 Å². The predicted octanol–water partition coefficient (Wildman–Crippen LogP) is 3.64. The van der Waals surface area contributed by atoms with Crippen molar-refractivity contribution in [1.29, 1.82) is 0 Å². The fraction of sp³-hybridized carbons (Fsp3) is 0.550. The highest BCUT2D eigenvalue weighted by Crippen LogP contribution is 2.28. The highest BCUT2D eigenvalue weighted by Gasteiger charge is 2.11. The van der Waals surface area contributed by atoms with Gasteiger partial charge in [0.05, 0.1) is 13.7 Å². The molecule has 0 unspecified atom stereocenters. The second kappa shape index (κ2) is 10.8. The third kappa shape index (κ3) is 6.37. The number of carbonyl (C=O) groups is 1. The van der Waals surface area contributed by atoms with E-state index in [9.17, 15) is 4.79 Å². The molecule has 0 aliphatic rings. The van der Waals surface area contributed by atoms with Gasteiger partial charge in [-0.1, -0.05) is 26.8 Å². The van der Waals surface area contributed by atoms with Crippen molar-refractivity contribution in [2.75, 3.05) is 13.7 Å². The molecule has 1 amide bonds. The third-order valence-corrected chi connectivity index (χ3v) is 4.59. The molecule has 1 heterocycles. The molecule has 0 radical (unpaired) electrons. The highest BCUT2D eigenvalue weighted by atomic mass is 32.1. The maximum Gasteiger partial charge on any atom is 0.240 e. The summed E-state index contributed by atoms with van der Waals surface area (Å²) in [7, 11) is 1.61. The molecule has 0 aliphatic heterocycles. The number of benzene rings is 1. The minimum Gasteiger partial charge on any atom is -0.493 e. The van der Waals surface area contributed by atoms with Gasteiger partial charge in [0.2, 0.25) is 5.91 Å². The standard InChI is InChI=1S/C20H30N4O3S/c1-5-6-18-22-23-20(28)24(18)13-19(25)21-12-15-7-8-16(17(11-15)26-4)27-10-9-14(2)3/h7-8,11,14H,5-6,9-10,12-13H2,1-4H3,(H,21,25)(H,23,28). The summed E-state index contributed by atoms with van der Waals surface area (Å²) in [5, 5.41) is 9.85. The normalized spacial score (nSPS) is 10.9. The quantitative estimate of drug-likeness (QED) is 0.557. The second-order valence-electron chi connectivity index (χ2n) is 7.07. The SMILES string of the molecule is CCCc1n[nH]c(=S)n1CC(=O)NCc1ccc(OCCC(C)C)c(OC)c1. The molecule has 2 rings (SSSR count). The molecule has 1 aromatic carbocycles. The fourth-order valence-corrected chi connectivity index (χ4v) is 2.89. The van der Waals surface area contributed by atoms with Crippen LogP contribution >= 0.6 is 12.2 Å². The molecule has 0 saturated heterocycles. The van der Waals surface area contributed by atoms with Gasteiger partial charge in [-0.2, -0.15) is 5.10 Å². The Labute approximate surface area is 171 Å². The number of hydrogen-bond acceptors (Lipinski definition) is 5. The number of nitrogens with one attached hydrogen (secondary N) is 2. The lowest BCUT2D eigenvalue weighted by atomic mass is 10.1. The van der Waals surface area contributed by atoms with E-state index in [0.29, 0.717) is 35.3 Å². The molecule has 2 aromatic rings. The molecular formula is C20H30N4O3S. The van der Waals surface area contributed by atoms with Crippen LogP contribution in [0, 0.1) is 10.7 Å². The number of H-pyrrole nitrogens is 1. The van der Waals surface area contributed by atoms with Gasteiger partial charge >= 0.3 is 0 Å². The lowest BCUT2D eigenvalue weighted by molar-refractivity contribution is -0.121. The molecule has 0 spiro atoms. The van der Waals surface area contributed by atoms with Crippen LogP contribution in [-0.2, 0) is 24.3 Å². The van der Waals surface area contributed by atoms with Crippen LogP contribution in [0.4, 0.5) is 0 Å². The van der Waals surface area contributed by atoms with E-state index in [2.05, 4.69) is 36.3 Å². The molecule has 0 bridgehead atoms. The average Bonchev–Trinajstić information content (AvgIpc) is 3.00. The van der Waals surface area contributed by atoms with Crippen molar-refractivity contribution in [2.24, 2.45) is 5.92 Å². The van der Waals surface area contributed by atoms with Crippen LogP contribution in [0.2, 0.25) is 0 Å². The molecule has 1 aromatic heterocycles. The number of aryl methyl sites for hydroxylation is 1. The second-order valence-corrected chi connectivity index (χ2v) is 7.46. The first kappa shape index (κ1) is 21.9. The minimum atomic E-state index is -0.119. The van der Waals surface area contributed by atoms with Gasteiger partial charge < -0.3 is 14.8 Å². The number of carbonyl (C=O) groups excluding carboxylic acids is 1. The maximum absolute atomic E-state index is 12.3. The van der Waals surface area contributed by atoms with Crippen molar-refractivity contribution in [2.45, 2.75) is 53.1 Å². The Hall–Kier alpha value is -2.35. The largest absolute Gasteiger partial charge is 0.493 e. The smallest absolute Gasteiger partial charge is 0.240 e. The van der Waals surface area contributed by atoms with Crippen LogP contribution in [0.15, 0.2) is 18.2 Å². The van der Waals surface area contributed by atoms with Gasteiger partial charge in [0, 0.05) is 13.0 Å². The number of rotatable bonds is 11. The van der Waals surface area contributed by atoms with E-state index in [0.717, 1.165) is 30.7 Å². The van der Waals surface area contributed by atoms with E-state index < -0.39 is 0 Å². The maximum atomic E-state index is 12.3. The first-order valence-electron chi connectivity index (χ1n) is 9.65. The molecule has 0 atom stereocenters. The van der Waals surface area contributed by atoms with Gasteiger partial charge in [0.1, 0.15) is 12.4 Å². The van der Waals surface area contributed by atoms with Crippen LogP contribution in [0.5, 0.6) is 11.5 Å². The summed E-state index contributed by atoms with van der Waals surface area (Å²) in [5.41, 5.74) is 0.936. The Morgan fingerprint density at radius 1 is 1.36 bits per heavy atom. The number of methoxy groups -OCH3 is 1. The minimum absolute atomic E-state index is 0.119. The number of aromatic amines is 1. The van der Waals surface area contributed by atoms with E-state index >= 15 is 0 Å². The average molecular weight is 407 g/mol. The Morgan fingerprint density at radius 3 is 2.82 bits per heavy atom. The summed E-state index contributed by atoms with van der Waals surface area (Å²) in [6.45, 7) is 7.58. The number of nitrogens with zero attached hydrogens (tertiary/aromatic N) is 2. The van der Waals surface area contributed by atoms with E-state index in [1.54, 1.807) is 11.7 Å². The van der Waals surface area contributed by atoms with Crippen molar-refractivity contribution in [3.05, 3.63) is 34.4 Å². The van der Waals surface area contributed by atoms with Crippen LogP contribution in [0.25, 0.3) is 0 Å². The van der Waals surface area contributed by atoms with Crippen LogP contribution in [0.1, 0.15) is 45.0 Å². The number of hydrogen-bond donors (Lipinski definition) is 2. The van der Waals surface area contributed by atoms with Crippen molar-refractivity contribution >= 4 is 18.1 Å². The Bertz CT molecular complexity index is 829. The van der Waals surface area contributed by atoms with Gasteiger partial charge in [0.15, 0.2) is 16.3 Å². The number of aromatic nitrogens is 3. The van der Waals surface area contributed by atoms with E-state index in [1.165, 1.54) is 0 Å². The van der Waals surface area contributed by atoms with Crippen molar-refractivity contribution in [1.82, 2.24) is 20.1 Å². The Morgan fingerprint density at radius 2 is 2.14 bits per heavy atom. The topological polar surface area (TPSA) is 81.2 Å². The molecule has 0 fully saturated rings. The summed E-state index contributed by atoms with van der Waals surface area (Å²) < 4.78 is 13.4. The lowest BCUT2D eigenvalue weighted by Crippen LogP contribution is -2.28. The summed E-state index contributed by atoms with van der Waals surface area (Å²) in [6.07, 6.45) is 2.69. The molecular weight excluding hydrogens is 376 g/mol. The first-order chi connectivity index (χ1) is 13.4. The first-order valence-corrected chi connectivity index (χ1v) is 10.1. The molecule has 7 nitrogen and oxygen atoms in total. The van der Waals surface area contributed by atoms with Gasteiger partial charge in [-0.05, 0) is 48.7 Å². The monoisotopic (exact) mass is 406 g/mol. The van der Waals surface area contributed by atoms with E-state index in [1.807, 2.05) is 18.2 Å². The zero-order valence-electron chi connectivity index (χ0n) is 17.1. The van der Waals surface area contributed by atoms with Crippen LogP contribution in [-0.4, -0.2) is 34.4 Å². The highest BCUT2D eigenvalue weighted by molar-refractivity contribution is 7.71. The number of ether oxygens (including phenoxy) is 2. The third-order valence-electron chi connectivity index (χ3n) is 4.28. The van der Waals surface area contributed by atoms with Crippen molar-refractivity contribution < 1.29 is 14.3 Å². The van der Waals surface area contributed by atoms with Gasteiger partial charge in [-0.25, -0.2) is 0 Å². The summed E-state index contributed by atoms with van der Waals surface area (Å²) in [5.74, 6) is 2.64. The fourth-order valence-electron chi connectivity index (χ4n) is 2.67. The molecule has 154 valence electrons. The van der Waals surface area contributed by atoms with E-state index in [4.69, 9.17) is 21.7 Å². The van der Waals surface area contributed by atoms with Crippen LogP contribution in [0.3, 0.4) is 0 Å². The van der Waals surface area contributed by atoms with Gasteiger partial charge in [0.25, 0.3) is 0 Å². The van der Waals surface area contributed by atoms with Crippen molar-refractivity contribution in [3.63, 3.8) is 0 Å². The van der Waals surface area contributed by atoms with Gasteiger partial charge in [-0.15, -0.1) is 0 Å². The molecule has 2 N–H and O–H groups in total. The molecule has 28 heavy (non-hydrogen) atoms. The molecule has 8 heteroatoms. The zero-order valence-corrected chi connectivity index (χ0v) is 17.9.